The van der Waals surface area contributed by atoms with Crippen LogP contribution in [0.2, 0.25) is 0 Å². The zero-order valence-corrected chi connectivity index (χ0v) is 15.0. The lowest BCUT2D eigenvalue weighted by Gasteiger charge is -2.09. The largest absolute Gasteiger partial charge is 0.396 e. The summed E-state index contributed by atoms with van der Waals surface area (Å²) in [5.74, 6) is 0.901. The van der Waals surface area contributed by atoms with Crippen molar-refractivity contribution < 1.29 is 5.11 Å². The summed E-state index contributed by atoms with van der Waals surface area (Å²) >= 11 is 1.66. The Hall–Kier alpha value is -1.98. The number of rotatable bonds is 7. The summed E-state index contributed by atoms with van der Waals surface area (Å²) in [7, 11) is 0. The first-order valence-corrected chi connectivity index (χ1v) is 9.23. The van der Waals surface area contributed by atoms with Gasteiger partial charge in [0.15, 0.2) is 0 Å². The van der Waals surface area contributed by atoms with Crippen molar-refractivity contribution >= 4 is 27.4 Å². The van der Waals surface area contributed by atoms with Gasteiger partial charge in [-0.25, -0.2) is 9.97 Å². The number of unbranched alkanes of at least 4 members (excludes halogenated alkanes) is 2. The van der Waals surface area contributed by atoms with E-state index >= 15 is 0 Å². The Labute approximate surface area is 146 Å². The molecule has 0 amide bonds. The van der Waals surface area contributed by atoms with Crippen LogP contribution < -0.4 is 5.32 Å². The maximum atomic E-state index is 8.86. The Morgan fingerprint density at radius 1 is 1.08 bits per heavy atom. The summed E-state index contributed by atoms with van der Waals surface area (Å²) in [6.45, 7) is 5.39. The van der Waals surface area contributed by atoms with Crippen molar-refractivity contribution in [3.63, 3.8) is 0 Å². The standard InChI is InChI=1S/C19H23N3OS/c1-13-6-7-15(10-14(13)2)16-11-24-19-17(16)18(21-12-22-19)20-8-4-3-5-9-23/h6-7,10-12,23H,3-5,8-9H2,1-2H3,(H,20,21,22). The van der Waals surface area contributed by atoms with Crippen LogP contribution in [0, 0.1) is 13.8 Å². The molecule has 0 atom stereocenters. The third-order valence-corrected chi connectivity index (χ3v) is 5.20. The molecular formula is C19H23N3OS. The molecule has 0 aliphatic carbocycles. The lowest BCUT2D eigenvalue weighted by atomic mass is 10.0. The topological polar surface area (TPSA) is 58.0 Å². The van der Waals surface area contributed by atoms with Crippen LogP contribution in [0.15, 0.2) is 29.9 Å². The Bertz CT molecular complexity index is 829. The number of aryl methyl sites for hydroxylation is 2. The van der Waals surface area contributed by atoms with Crippen LogP contribution >= 0.6 is 11.3 Å². The zero-order chi connectivity index (χ0) is 16.9. The Kier molecular flexibility index (Phi) is 5.43. The van der Waals surface area contributed by atoms with Crippen molar-refractivity contribution in [3.05, 3.63) is 41.0 Å². The van der Waals surface area contributed by atoms with Crippen LogP contribution in [-0.4, -0.2) is 28.2 Å². The normalized spacial score (nSPS) is 11.1. The molecule has 2 N–H and O–H groups in total. The van der Waals surface area contributed by atoms with Gasteiger partial charge in [-0.15, -0.1) is 11.3 Å². The summed E-state index contributed by atoms with van der Waals surface area (Å²) in [6.07, 6.45) is 4.52. The van der Waals surface area contributed by atoms with E-state index in [-0.39, 0.29) is 6.61 Å². The minimum Gasteiger partial charge on any atom is -0.396 e. The smallest absolute Gasteiger partial charge is 0.138 e. The van der Waals surface area contributed by atoms with E-state index in [0.717, 1.165) is 41.8 Å². The zero-order valence-electron chi connectivity index (χ0n) is 14.2. The molecule has 0 saturated heterocycles. The molecule has 0 aliphatic heterocycles. The second-order valence-electron chi connectivity index (χ2n) is 6.06. The molecule has 0 saturated carbocycles. The average molecular weight is 341 g/mol. The molecular weight excluding hydrogens is 318 g/mol. The molecule has 0 unspecified atom stereocenters. The fourth-order valence-corrected chi connectivity index (χ4v) is 3.67. The molecule has 0 radical (unpaired) electrons. The van der Waals surface area contributed by atoms with Gasteiger partial charge in [-0.1, -0.05) is 18.2 Å². The van der Waals surface area contributed by atoms with Crippen LogP contribution in [0.1, 0.15) is 30.4 Å². The van der Waals surface area contributed by atoms with Gasteiger partial charge in [0.1, 0.15) is 17.0 Å². The third kappa shape index (κ3) is 3.57. The Balaban J connectivity index is 1.90. The van der Waals surface area contributed by atoms with Crippen molar-refractivity contribution in [1.29, 1.82) is 0 Å². The molecule has 0 bridgehead atoms. The summed E-state index contributed by atoms with van der Waals surface area (Å²) in [5.41, 5.74) is 5.00. The highest BCUT2D eigenvalue weighted by Crippen LogP contribution is 2.37. The number of nitrogens with zero attached hydrogens (tertiary/aromatic N) is 2. The first-order valence-electron chi connectivity index (χ1n) is 8.35. The maximum Gasteiger partial charge on any atom is 0.138 e. The van der Waals surface area contributed by atoms with Gasteiger partial charge in [-0.05, 0) is 49.8 Å². The molecule has 24 heavy (non-hydrogen) atoms. The highest BCUT2D eigenvalue weighted by molar-refractivity contribution is 7.17. The van der Waals surface area contributed by atoms with E-state index in [2.05, 4.69) is 52.7 Å². The first kappa shape index (κ1) is 16.9. The van der Waals surface area contributed by atoms with Crippen LogP contribution in [0.3, 0.4) is 0 Å². The highest BCUT2D eigenvalue weighted by Gasteiger charge is 2.13. The number of nitrogens with one attached hydrogen (secondary N) is 1. The summed E-state index contributed by atoms with van der Waals surface area (Å²) < 4.78 is 0. The second kappa shape index (κ2) is 7.73. The van der Waals surface area contributed by atoms with Crippen molar-refractivity contribution in [2.75, 3.05) is 18.5 Å². The minimum atomic E-state index is 0.263. The molecule has 2 heterocycles. The number of aromatic nitrogens is 2. The van der Waals surface area contributed by atoms with Gasteiger partial charge in [-0.2, -0.15) is 0 Å². The molecule has 1 aromatic carbocycles. The molecule has 5 heteroatoms. The van der Waals surface area contributed by atoms with Crippen LogP contribution in [0.4, 0.5) is 5.82 Å². The van der Waals surface area contributed by atoms with Gasteiger partial charge in [0.25, 0.3) is 0 Å². The predicted molar refractivity (Wildman–Crippen MR) is 102 cm³/mol. The second-order valence-corrected chi connectivity index (χ2v) is 6.92. The molecule has 0 spiro atoms. The van der Waals surface area contributed by atoms with Crippen LogP contribution in [-0.2, 0) is 0 Å². The van der Waals surface area contributed by atoms with Crippen molar-refractivity contribution in [3.8, 4) is 11.1 Å². The summed E-state index contributed by atoms with van der Waals surface area (Å²) in [4.78, 5) is 9.89. The molecule has 4 nitrogen and oxygen atoms in total. The van der Waals surface area contributed by atoms with Crippen LogP contribution in [0.25, 0.3) is 21.3 Å². The molecule has 126 valence electrons. The number of thiophene rings is 1. The van der Waals surface area contributed by atoms with Gasteiger partial charge in [0.05, 0.1) is 5.39 Å². The lowest BCUT2D eigenvalue weighted by molar-refractivity contribution is 0.283. The fourth-order valence-electron chi connectivity index (χ4n) is 2.75. The van der Waals surface area contributed by atoms with E-state index in [9.17, 15) is 0 Å². The quantitative estimate of drug-likeness (QED) is 0.619. The molecule has 3 rings (SSSR count). The van der Waals surface area contributed by atoms with E-state index < -0.39 is 0 Å². The van der Waals surface area contributed by atoms with Crippen molar-refractivity contribution in [2.45, 2.75) is 33.1 Å². The highest BCUT2D eigenvalue weighted by atomic mass is 32.1. The number of benzene rings is 1. The Morgan fingerprint density at radius 3 is 2.75 bits per heavy atom. The van der Waals surface area contributed by atoms with Gasteiger partial charge >= 0.3 is 0 Å². The number of hydrogen-bond acceptors (Lipinski definition) is 5. The third-order valence-electron chi connectivity index (χ3n) is 4.32. The number of aliphatic hydroxyl groups is 1. The van der Waals surface area contributed by atoms with Crippen LogP contribution in [0.5, 0.6) is 0 Å². The van der Waals surface area contributed by atoms with Gasteiger partial charge in [0.2, 0.25) is 0 Å². The van der Waals surface area contributed by atoms with E-state index in [1.807, 2.05) is 0 Å². The first-order chi connectivity index (χ1) is 11.7. The number of hydrogen-bond donors (Lipinski definition) is 2. The van der Waals surface area contributed by atoms with E-state index in [4.69, 9.17) is 5.11 Å². The number of aliphatic hydroxyl groups excluding tert-OH is 1. The Morgan fingerprint density at radius 2 is 1.96 bits per heavy atom. The van der Waals surface area contributed by atoms with E-state index in [1.54, 1.807) is 17.7 Å². The molecule has 3 aromatic rings. The SMILES string of the molecule is Cc1ccc(-c2csc3ncnc(NCCCCCO)c23)cc1C. The van der Waals surface area contributed by atoms with Gasteiger partial charge < -0.3 is 10.4 Å². The lowest BCUT2D eigenvalue weighted by Crippen LogP contribution is -2.04. The maximum absolute atomic E-state index is 8.86. The van der Waals surface area contributed by atoms with Crippen molar-refractivity contribution in [1.82, 2.24) is 9.97 Å². The monoisotopic (exact) mass is 341 g/mol. The molecule has 2 aromatic heterocycles. The van der Waals surface area contributed by atoms with E-state index in [1.165, 1.54) is 22.3 Å². The van der Waals surface area contributed by atoms with E-state index in [0.29, 0.717) is 0 Å². The molecule has 0 aliphatic rings. The number of anilines is 1. The fraction of sp³-hybridized carbons (Fsp3) is 0.368. The van der Waals surface area contributed by atoms with Crippen molar-refractivity contribution in [2.24, 2.45) is 0 Å². The summed E-state index contributed by atoms with van der Waals surface area (Å²) in [6, 6.07) is 6.57. The molecule has 0 fully saturated rings. The summed E-state index contributed by atoms with van der Waals surface area (Å²) in [5, 5.41) is 15.6. The number of fused-ring (bicyclic) bond motifs is 1. The van der Waals surface area contributed by atoms with Gasteiger partial charge in [0, 0.05) is 24.1 Å². The predicted octanol–water partition coefficient (Wildman–Crippen LogP) is 4.55. The minimum absolute atomic E-state index is 0.263. The average Bonchev–Trinajstić information content (AvgIpc) is 3.02. The van der Waals surface area contributed by atoms with Gasteiger partial charge in [-0.3, -0.25) is 0 Å².